The van der Waals surface area contributed by atoms with Crippen molar-refractivity contribution in [1.82, 2.24) is 0 Å². The molecule has 0 aliphatic rings. The van der Waals surface area contributed by atoms with Gasteiger partial charge in [0, 0.05) is 17.7 Å². The summed E-state index contributed by atoms with van der Waals surface area (Å²) in [6.07, 6.45) is -0.429. The number of rotatable bonds is 5. The minimum atomic E-state index is -1.32. The molecule has 0 atom stereocenters. The van der Waals surface area contributed by atoms with Crippen LogP contribution in [0.5, 0.6) is 0 Å². The van der Waals surface area contributed by atoms with Gasteiger partial charge in [-0.1, -0.05) is 11.6 Å². The minimum Gasteiger partial charge on any atom is -0.478 e. The second-order valence-electron chi connectivity index (χ2n) is 4.45. The van der Waals surface area contributed by atoms with E-state index in [1.807, 2.05) is 0 Å². The molecule has 1 aromatic heterocycles. The van der Waals surface area contributed by atoms with E-state index in [9.17, 15) is 24.8 Å². The van der Waals surface area contributed by atoms with Crippen molar-refractivity contribution in [3.63, 3.8) is 0 Å². The van der Waals surface area contributed by atoms with E-state index in [-0.39, 0.29) is 26.2 Å². The van der Waals surface area contributed by atoms with Gasteiger partial charge in [0.15, 0.2) is 0 Å². The van der Waals surface area contributed by atoms with Crippen LogP contribution in [0.25, 0.3) is 11.1 Å². The lowest BCUT2D eigenvalue weighted by Crippen LogP contribution is -2.12. The largest absolute Gasteiger partial charge is 0.478 e. The Labute approximate surface area is 144 Å². The summed E-state index contributed by atoms with van der Waals surface area (Å²) in [5.74, 6) is -1.98. The van der Waals surface area contributed by atoms with Crippen molar-refractivity contribution >= 4 is 45.5 Å². The average Bonchev–Trinajstić information content (AvgIpc) is 2.83. The maximum Gasteiger partial charge on any atom is 0.339 e. The van der Waals surface area contributed by atoms with Crippen LogP contribution in [0.15, 0.2) is 24.3 Å². The number of carbonyl (C=O) groups excluding carboxylic acids is 1. The highest BCUT2D eigenvalue weighted by Crippen LogP contribution is 2.43. The summed E-state index contributed by atoms with van der Waals surface area (Å²) in [6, 6.07) is 6.85. The molecule has 1 heterocycles. The number of amides is 1. The summed E-state index contributed by atoms with van der Waals surface area (Å²) >= 11 is 6.93. The average molecular weight is 366 g/mol. The van der Waals surface area contributed by atoms with Crippen LogP contribution in [0.1, 0.15) is 16.8 Å². The Morgan fingerprint density at radius 1 is 1.38 bits per heavy atom. The van der Waals surface area contributed by atoms with Crippen molar-refractivity contribution in [2.24, 2.45) is 0 Å². The van der Waals surface area contributed by atoms with E-state index in [0.717, 1.165) is 11.3 Å². The molecule has 0 saturated heterocycles. The monoisotopic (exact) mass is 365 g/mol. The molecule has 2 N–H and O–H groups in total. The van der Waals surface area contributed by atoms with Gasteiger partial charge in [-0.05, 0) is 17.7 Å². The van der Waals surface area contributed by atoms with Gasteiger partial charge in [0.1, 0.15) is 21.3 Å². The standard InChI is InChI=1S/C14H8ClN3O5S/c15-12-10(7-1-3-8(4-2-7)18(22)23)11(14(20)21)13(24-12)17-9(19)5-6-16/h1-4H,5H2,(H,17,19)(H,20,21). The molecule has 0 fully saturated rings. The highest BCUT2D eigenvalue weighted by Gasteiger charge is 2.25. The molecule has 0 radical (unpaired) electrons. The summed E-state index contributed by atoms with van der Waals surface area (Å²) < 4.78 is 0.105. The van der Waals surface area contributed by atoms with Crippen molar-refractivity contribution in [3.8, 4) is 17.2 Å². The van der Waals surface area contributed by atoms with Gasteiger partial charge >= 0.3 is 5.97 Å². The number of aromatic carboxylic acids is 1. The first kappa shape index (κ1) is 17.4. The molecular weight excluding hydrogens is 358 g/mol. The van der Waals surface area contributed by atoms with Crippen molar-refractivity contribution in [3.05, 3.63) is 44.3 Å². The summed E-state index contributed by atoms with van der Waals surface area (Å²) in [7, 11) is 0. The van der Waals surface area contributed by atoms with Gasteiger partial charge in [-0.3, -0.25) is 14.9 Å². The molecule has 0 aliphatic carbocycles. The zero-order chi connectivity index (χ0) is 17.9. The molecule has 0 unspecified atom stereocenters. The third-order valence-corrected chi connectivity index (χ3v) is 4.25. The highest BCUT2D eigenvalue weighted by molar-refractivity contribution is 7.21. The molecule has 0 bridgehead atoms. The predicted molar refractivity (Wildman–Crippen MR) is 87.2 cm³/mol. The van der Waals surface area contributed by atoms with Gasteiger partial charge in [-0.25, -0.2) is 4.79 Å². The molecule has 0 spiro atoms. The smallest absolute Gasteiger partial charge is 0.339 e. The number of non-ortho nitro benzene ring substituents is 1. The van der Waals surface area contributed by atoms with Gasteiger partial charge < -0.3 is 10.4 Å². The molecule has 8 nitrogen and oxygen atoms in total. The van der Waals surface area contributed by atoms with E-state index in [1.54, 1.807) is 6.07 Å². The first-order chi connectivity index (χ1) is 11.3. The zero-order valence-electron chi connectivity index (χ0n) is 11.8. The maximum absolute atomic E-state index is 11.6. The van der Waals surface area contributed by atoms with Crippen LogP contribution in [-0.4, -0.2) is 21.9 Å². The second kappa shape index (κ2) is 7.08. The van der Waals surface area contributed by atoms with Gasteiger partial charge in [0.25, 0.3) is 5.69 Å². The third-order valence-electron chi connectivity index (χ3n) is 2.94. The summed E-state index contributed by atoms with van der Waals surface area (Å²) in [4.78, 5) is 33.2. The van der Waals surface area contributed by atoms with Crippen LogP contribution in [0.4, 0.5) is 10.7 Å². The molecule has 122 valence electrons. The predicted octanol–water partition coefficient (Wildman–Crippen LogP) is 3.53. The number of hydrogen-bond acceptors (Lipinski definition) is 6. The van der Waals surface area contributed by atoms with Crippen molar-refractivity contribution in [1.29, 1.82) is 5.26 Å². The van der Waals surface area contributed by atoms with Crippen molar-refractivity contribution in [2.75, 3.05) is 5.32 Å². The Bertz CT molecular complexity index is 870. The topological polar surface area (TPSA) is 133 Å². The number of nitriles is 1. The van der Waals surface area contributed by atoms with E-state index in [4.69, 9.17) is 16.9 Å². The number of nitro benzene ring substituents is 1. The Morgan fingerprint density at radius 2 is 2.00 bits per heavy atom. The Hall–Kier alpha value is -2.96. The highest BCUT2D eigenvalue weighted by atomic mass is 35.5. The van der Waals surface area contributed by atoms with E-state index in [1.165, 1.54) is 24.3 Å². The number of nitrogens with zero attached hydrogens (tertiary/aromatic N) is 2. The van der Waals surface area contributed by atoms with Crippen LogP contribution in [0.3, 0.4) is 0 Å². The Morgan fingerprint density at radius 3 is 2.50 bits per heavy atom. The molecule has 2 aromatic rings. The number of benzene rings is 1. The molecular formula is C14H8ClN3O5S. The van der Waals surface area contributed by atoms with Crippen molar-refractivity contribution < 1.29 is 19.6 Å². The molecule has 1 aromatic carbocycles. The number of nitro groups is 1. The molecule has 2 rings (SSSR count). The molecule has 10 heteroatoms. The number of carbonyl (C=O) groups is 2. The lowest BCUT2D eigenvalue weighted by atomic mass is 10.0. The SMILES string of the molecule is N#CCC(=O)Nc1sc(Cl)c(-c2ccc([N+](=O)[O-])cc2)c1C(=O)O. The van der Waals surface area contributed by atoms with Crippen molar-refractivity contribution in [2.45, 2.75) is 6.42 Å². The summed E-state index contributed by atoms with van der Waals surface area (Å²) in [5.41, 5.74) is 0.131. The van der Waals surface area contributed by atoms with E-state index in [2.05, 4.69) is 5.32 Å². The molecule has 0 saturated carbocycles. The number of hydrogen-bond donors (Lipinski definition) is 2. The number of thiophene rings is 1. The Kier molecular flexibility index (Phi) is 5.13. The summed E-state index contributed by atoms with van der Waals surface area (Å²) in [5, 5.41) is 31.0. The lowest BCUT2D eigenvalue weighted by molar-refractivity contribution is -0.384. The molecule has 1 amide bonds. The van der Waals surface area contributed by atoms with Crippen LogP contribution in [0.2, 0.25) is 4.34 Å². The first-order valence-corrected chi connectivity index (χ1v) is 7.51. The fraction of sp³-hybridized carbons (Fsp3) is 0.0714. The minimum absolute atomic E-state index is 0.00102. The number of halogens is 1. The van der Waals surface area contributed by atoms with E-state index >= 15 is 0 Å². The first-order valence-electron chi connectivity index (χ1n) is 6.32. The van der Waals surface area contributed by atoms with Gasteiger partial charge in [0.05, 0.1) is 11.0 Å². The fourth-order valence-corrected chi connectivity index (χ4v) is 3.34. The number of nitrogens with one attached hydrogen (secondary N) is 1. The van der Waals surface area contributed by atoms with Gasteiger partial charge in [0.2, 0.25) is 5.91 Å². The van der Waals surface area contributed by atoms with Crippen LogP contribution in [0, 0.1) is 21.4 Å². The number of carboxylic acid groups (broad SMARTS) is 1. The van der Waals surface area contributed by atoms with Crippen LogP contribution >= 0.6 is 22.9 Å². The number of carboxylic acids is 1. The maximum atomic E-state index is 11.6. The zero-order valence-corrected chi connectivity index (χ0v) is 13.3. The van der Waals surface area contributed by atoms with Crippen LogP contribution < -0.4 is 5.32 Å². The van der Waals surface area contributed by atoms with Crippen LogP contribution in [-0.2, 0) is 4.79 Å². The second-order valence-corrected chi connectivity index (χ2v) is 6.07. The molecule has 24 heavy (non-hydrogen) atoms. The van der Waals surface area contributed by atoms with E-state index < -0.39 is 23.2 Å². The normalized spacial score (nSPS) is 10.0. The van der Waals surface area contributed by atoms with E-state index in [0.29, 0.717) is 5.56 Å². The quantitative estimate of drug-likeness (QED) is 0.615. The Balaban J connectivity index is 2.52. The number of anilines is 1. The lowest BCUT2D eigenvalue weighted by Gasteiger charge is -2.04. The third kappa shape index (κ3) is 3.51. The molecule has 0 aliphatic heterocycles. The fourth-order valence-electron chi connectivity index (χ4n) is 1.95. The van der Waals surface area contributed by atoms with Gasteiger partial charge in [-0.2, -0.15) is 5.26 Å². The summed E-state index contributed by atoms with van der Waals surface area (Å²) in [6.45, 7) is 0. The van der Waals surface area contributed by atoms with Gasteiger partial charge in [-0.15, -0.1) is 11.3 Å².